The monoisotopic (exact) mass is 421 g/mol. The number of nitrogens with one attached hydrogen (secondary N) is 2. The number of nitrogens with zero attached hydrogens (tertiary/aromatic N) is 2. The minimum Gasteiger partial charge on any atom is -0.380 e. The minimum absolute atomic E-state index is 0.268. The summed E-state index contributed by atoms with van der Waals surface area (Å²) in [5.74, 6) is -0.340. The van der Waals surface area contributed by atoms with Gasteiger partial charge in [-0.3, -0.25) is 4.79 Å². The van der Waals surface area contributed by atoms with E-state index >= 15 is 0 Å². The zero-order valence-corrected chi connectivity index (χ0v) is 17.0. The molecule has 3 aromatic rings. The van der Waals surface area contributed by atoms with E-state index in [1.54, 1.807) is 18.2 Å². The molecule has 7 nitrogen and oxygen atoms in total. The summed E-state index contributed by atoms with van der Waals surface area (Å²) in [5, 5.41) is 6.43. The Labute approximate surface area is 180 Å². The standard InChI is InChI=1S/C23H24FN5O2/c24-17-4-1-3-16(11-17)14-26-21-13-22(27-15-20(21)23(25)30)28-18-5-2-6-19(12-18)29-7-9-31-10-8-29/h1-6,11-13,15H,7-10,14H2,(H2,25,30)(H2,26,27,28). The van der Waals surface area contributed by atoms with Gasteiger partial charge >= 0.3 is 0 Å². The van der Waals surface area contributed by atoms with Crippen LogP contribution in [0.15, 0.2) is 60.8 Å². The van der Waals surface area contributed by atoms with Gasteiger partial charge in [0.1, 0.15) is 11.6 Å². The van der Waals surface area contributed by atoms with Crippen LogP contribution in [0.25, 0.3) is 0 Å². The number of hydrogen-bond donors (Lipinski definition) is 3. The maximum atomic E-state index is 13.4. The van der Waals surface area contributed by atoms with Crippen molar-refractivity contribution >= 4 is 28.8 Å². The fourth-order valence-corrected chi connectivity index (χ4v) is 3.46. The molecule has 1 aliphatic heterocycles. The molecule has 8 heteroatoms. The van der Waals surface area contributed by atoms with E-state index < -0.39 is 5.91 Å². The summed E-state index contributed by atoms with van der Waals surface area (Å²) < 4.78 is 18.9. The Morgan fingerprint density at radius 2 is 1.94 bits per heavy atom. The van der Waals surface area contributed by atoms with E-state index in [1.807, 2.05) is 12.1 Å². The number of aromatic nitrogens is 1. The molecule has 1 aliphatic rings. The van der Waals surface area contributed by atoms with E-state index in [0.29, 0.717) is 31.3 Å². The van der Waals surface area contributed by atoms with Crippen LogP contribution in [0.1, 0.15) is 15.9 Å². The van der Waals surface area contributed by atoms with Crippen molar-refractivity contribution in [1.82, 2.24) is 4.98 Å². The zero-order chi connectivity index (χ0) is 21.6. The first kappa shape index (κ1) is 20.6. The van der Waals surface area contributed by atoms with Gasteiger partial charge in [0.05, 0.1) is 24.5 Å². The highest BCUT2D eigenvalue weighted by Crippen LogP contribution is 2.25. The highest BCUT2D eigenvalue weighted by Gasteiger charge is 2.13. The lowest BCUT2D eigenvalue weighted by Gasteiger charge is -2.29. The van der Waals surface area contributed by atoms with Gasteiger partial charge in [0.2, 0.25) is 0 Å². The molecule has 0 bridgehead atoms. The summed E-state index contributed by atoms with van der Waals surface area (Å²) >= 11 is 0. The molecule has 2 heterocycles. The number of rotatable bonds is 7. The SMILES string of the molecule is NC(=O)c1cnc(Nc2cccc(N3CCOCC3)c2)cc1NCc1cccc(F)c1. The molecule has 0 aliphatic carbocycles. The molecule has 1 saturated heterocycles. The fourth-order valence-electron chi connectivity index (χ4n) is 3.46. The van der Waals surface area contributed by atoms with Crippen molar-refractivity contribution < 1.29 is 13.9 Å². The molecular weight excluding hydrogens is 397 g/mol. The van der Waals surface area contributed by atoms with Gasteiger partial charge in [-0.1, -0.05) is 18.2 Å². The Bertz CT molecular complexity index is 1070. The molecule has 0 spiro atoms. The number of morpholine rings is 1. The summed E-state index contributed by atoms with van der Waals surface area (Å²) in [6.07, 6.45) is 1.43. The molecule has 0 radical (unpaired) electrons. The Morgan fingerprint density at radius 1 is 1.13 bits per heavy atom. The predicted molar refractivity (Wildman–Crippen MR) is 119 cm³/mol. The van der Waals surface area contributed by atoms with E-state index in [0.717, 1.165) is 30.0 Å². The number of anilines is 4. The van der Waals surface area contributed by atoms with Crippen LogP contribution >= 0.6 is 0 Å². The lowest BCUT2D eigenvalue weighted by Crippen LogP contribution is -2.36. The molecule has 31 heavy (non-hydrogen) atoms. The van der Waals surface area contributed by atoms with Gasteiger partial charge in [-0.15, -0.1) is 0 Å². The number of carbonyl (C=O) groups excluding carboxylic acids is 1. The van der Waals surface area contributed by atoms with Gasteiger partial charge in [0, 0.05) is 43.3 Å². The van der Waals surface area contributed by atoms with Crippen molar-refractivity contribution in [3.05, 3.63) is 77.7 Å². The van der Waals surface area contributed by atoms with E-state index in [2.05, 4.69) is 32.7 Å². The number of ether oxygens (including phenoxy) is 1. The molecular formula is C23H24FN5O2. The Morgan fingerprint density at radius 3 is 2.71 bits per heavy atom. The van der Waals surface area contributed by atoms with E-state index in [-0.39, 0.29) is 11.4 Å². The van der Waals surface area contributed by atoms with Crippen LogP contribution in [0.2, 0.25) is 0 Å². The average Bonchev–Trinajstić information content (AvgIpc) is 2.78. The van der Waals surface area contributed by atoms with Gasteiger partial charge in [0.25, 0.3) is 5.91 Å². The topological polar surface area (TPSA) is 92.5 Å². The third-order valence-corrected chi connectivity index (χ3v) is 5.04. The molecule has 2 aromatic carbocycles. The van der Waals surface area contributed by atoms with Gasteiger partial charge < -0.3 is 26.0 Å². The van der Waals surface area contributed by atoms with Crippen molar-refractivity contribution in [2.24, 2.45) is 5.73 Å². The normalized spacial score (nSPS) is 13.6. The molecule has 4 N–H and O–H groups in total. The van der Waals surface area contributed by atoms with Gasteiger partial charge in [-0.05, 0) is 35.9 Å². The van der Waals surface area contributed by atoms with E-state index in [9.17, 15) is 9.18 Å². The fraction of sp³-hybridized carbons (Fsp3) is 0.217. The average molecular weight is 421 g/mol. The molecule has 1 fully saturated rings. The second-order valence-electron chi connectivity index (χ2n) is 7.24. The first-order chi connectivity index (χ1) is 15.1. The van der Waals surface area contributed by atoms with Crippen LogP contribution in [0.4, 0.5) is 27.3 Å². The number of primary amides is 1. The Hall–Kier alpha value is -3.65. The molecule has 0 atom stereocenters. The van der Waals surface area contributed by atoms with Crippen molar-refractivity contribution in [1.29, 1.82) is 0 Å². The van der Waals surface area contributed by atoms with Crippen LogP contribution < -0.4 is 21.3 Å². The number of carbonyl (C=O) groups is 1. The molecule has 4 rings (SSSR count). The lowest BCUT2D eigenvalue weighted by atomic mass is 10.2. The second kappa shape index (κ2) is 9.44. The largest absolute Gasteiger partial charge is 0.380 e. The maximum absolute atomic E-state index is 13.4. The van der Waals surface area contributed by atoms with Gasteiger partial charge in [-0.2, -0.15) is 0 Å². The maximum Gasteiger partial charge on any atom is 0.252 e. The van der Waals surface area contributed by atoms with Gasteiger partial charge in [0.15, 0.2) is 0 Å². The smallest absolute Gasteiger partial charge is 0.252 e. The van der Waals surface area contributed by atoms with E-state index in [1.165, 1.54) is 18.3 Å². The quantitative estimate of drug-likeness (QED) is 0.541. The number of benzene rings is 2. The zero-order valence-electron chi connectivity index (χ0n) is 17.0. The molecule has 0 unspecified atom stereocenters. The van der Waals surface area contributed by atoms with Gasteiger partial charge in [-0.25, -0.2) is 9.37 Å². The summed E-state index contributed by atoms with van der Waals surface area (Å²) in [4.78, 5) is 18.4. The Balaban J connectivity index is 1.52. The Kier molecular flexibility index (Phi) is 6.28. The summed E-state index contributed by atoms with van der Waals surface area (Å²) in [7, 11) is 0. The van der Waals surface area contributed by atoms with Crippen LogP contribution in [-0.4, -0.2) is 37.2 Å². The van der Waals surface area contributed by atoms with Crippen molar-refractivity contribution in [3.63, 3.8) is 0 Å². The number of halogens is 1. The number of nitrogens with two attached hydrogens (primary N) is 1. The number of amides is 1. The second-order valence-corrected chi connectivity index (χ2v) is 7.24. The van der Waals surface area contributed by atoms with Crippen molar-refractivity contribution in [2.75, 3.05) is 41.8 Å². The number of pyridine rings is 1. The van der Waals surface area contributed by atoms with Crippen LogP contribution in [-0.2, 0) is 11.3 Å². The highest BCUT2D eigenvalue weighted by atomic mass is 19.1. The molecule has 160 valence electrons. The molecule has 1 amide bonds. The van der Waals surface area contributed by atoms with Crippen LogP contribution in [0, 0.1) is 5.82 Å². The summed E-state index contributed by atoms with van der Waals surface area (Å²) in [6, 6.07) is 16.0. The lowest BCUT2D eigenvalue weighted by molar-refractivity contribution is 0.100. The van der Waals surface area contributed by atoms with Crippen LogP contribution in [0.3, 0.4) is 0 Å². The molecule has 0 saturated carbocycles. The first-order valence-corrected chi connectivity index (χ1v) is 10.1. The highest BCUT2D eigenvalue weighted by molar-refractivity contribution is 5.98. The van der Waals surface area contributed by atoms with E-state index in [4.69, 9.17) is 10.5 Å². The third-order valence-electron chi connectivity index (χ3n) is 5.04. The predicted octanol–water partition coefficient (Wildman–Crippen LogP) is 3.51. The van der Waals surface area contributed by atoms with Crippen LogP contribution in [0.5, 0.6) is 0 Å². The van der Waals surface area contributed by atoms with Crippen molar-refractivity contribution in [3.8, 4) is 0 Å². The summed E-state index contributed by atoms with van der Waals surface area (Å²) in [5.41, 5.74) is 9.02. The molecule has 1 aromatic heterocycles. The third kappa shape index (κ3) is 5.29. The summed E-state index contributed by atoms with van der Waals surface area (Å²) in [6.45, 7) is 3.47. The number of hydrogen-bond acceptors (Lipinski definition) is 6. The van der Waals surface area contributed by atoms with Crippen molar-refractivity contribution in [2.45, 2.75) is 6.54 Å². The minimum atomic E-state index is -0.588. The first-order valence-electron chi connectivity index (χ1n) is 10.1.